The second-order valence-corrected chi connectivity index (χ2v) is 6.47. The van der Waals surface area contributed by atoms with Crippen molar-refractivity contribution in [2.75, 3.05) is 26.8 Å². The number of carbonyl (C=O) groups is 1. The van der Waals surface area contributed by atoms with E-state index in [9.17, 15) is 9.18 Å². The van der Waals surface area contributed by atoms with Crippen LogP contribution in [-0.4, -0.2) is 42.6 Å². The Morgan fingerprint density at radius 1 is 1.28 bits per heavy atom. The van der Waals surface area contributed by atoms with Crippen LogP contribution in [0.15, 0.2) is 42.5 Å². The number of likely N-dealkylation sites (tertiary alicyclic amines) is 1. The molecule has 2 heterocycles. The van der Waals surface area contributed by atoms with Gasteiger partial charge in [0.05, 0.1) is 0 Å². The summed E-state index contributed by atoms with van der Waals surface area (Å²) in [7, 11) is 1.54. The van der Waals surface area contributed by atoms with Gasteiger partial charge >= 0.3 is 0 Å². The molecule has 0 bridgehead atoms. The maximum absolute atomic E-state index is 13.0. The zero-order valence-electron chi connectivity index (χ0n) is 14.5. The van der Waals surface area contributed by atoms with Gasteiger partial charge in [0, 0.05) is 43.9 Å². The van der Waals surface area contributed by atoms with Crippen molar-refractivity contribution in [3.63, 3.8) is 0 Å². The van der Waals surface area contributed by atoms with Crippen molar-refractivity contribution < 1.29 is 13.9 Å². The molecule has 0 aliphatic carbocycles. The molecule has 1 aromatic heterocycles. The van der Waals surface area contributed by atoms with Gasteiger partial charge in [0.25, 0.3) is 0 Å². The average Bonchev–Trinajstić information content (AvgIpc) is 2.64. The molecule has 3 rings (SSSR count). The van der Waals surface area contributed by atoms with Crippen LogP contribution in [0.5, 0.6) is 0 Å². The normalized spacial score (nSPS) is 17.5. The SMILES string of the molecule is COCC(=O)N1CCC[C@@H](c2cccc(Cc3ccc(F)cc3)n2)C1. The lowest BCUT2D eigenvalue weighted by molar-refractivity contribution is -0.136. The van der Waals surface area contributed by atoms with Crippen LogP contribution in [-0.2, 0) is 16.0 Å². The zero-order valence-corrected chi connectivity index (χ0v) is 14.5. The van der Waals surface area contributed by atoms with E-state index in [4.69, 9.17) is 9.72 Å². The lowest BCUT2D eigenvalue weighted by Crippen LogP contribution is -2.41. The summed E-state index contributed by atoms with van der Waals surface area (Å²) in [5.74, 6) is 0.0610. The van der Waals surface area contributed by atoms with Crippen LogP contribution < -0.4 is 0 Å². The summed E-state index contributed by atoms with van der Waals surface area (Å²) in [4.78, 5) is 18.7. The number of halogens is 1. The van der Waals surface area contributed by atoms with Gasteiger partial charge in [-0.3, -0.25) is 9.78 Å². The van der Waals surface area contributed by atoms with Gasteiger partial charge in [0.2, 0.25) is 5.91 Å². The lowest BCUT2D eigenvalue weighted by Gasteiger charge is -2.32. The molecule has 1 amide bonds. The zero-order chi connectivity index (χ0) is 17.6. The van der Waals surface area contributed by atoms with Gasteiger partial charge in [0.15, 0.2) is 0 Å². The molecule has 0 N–H and O–H groups in total. The highest BCUT2D eigenvalue weighted by atomic mass is 19.1. The standard InChI is InChI=1S/C20H23FN2O2/c1-25-14-20(24)23-11-3-4-16(13-23)19-6-2-5-18(22-19)12-15-7-9-17(21)10-8-15/h2,5-10,16H,3-4,11-14H2,1H3/t16-/m1/s1. The fourth-order valence-electron chi connectivity index (χ4n) is 3.30. The molecule has 0 spiro atoms. The van der Waals surface area contributed by atoms with Gasteiger partial charge < -0.3 is 9.64 Å². The Balaban J connectivity index is 1.70. The fraction of sp³-hybridized carbons (Fsp3) is 0.400. The highest BCUT2D eigenvalue weighted by Crippen LogP contribution is 2.26. The van der Waals surface area contributed by atoms with E-state index < -0.39 is 0 Å². The van der Waals surface area contributed by atoms with Crippen molar-refractivity contribution in [1.82, 2.24) is 9.88 Å². The molecule has 4 nitrogen and oxygen atoms in total. The van der Waals surface area contributed by atoms with E-state index in [1.807, 2.05) is 23.1 Å². The highest BCUT2D eigenvalue weighted by Gasteiger charge is 2.25. The number of piperidine rings is 1. The number of benzene rings is 1. The van der Waals surface area contributed by atoms with E-state index >= 15 is 0 Å². The minimum absolute atomic E-state index is 0.0367. The van der Waals surface area contributed by atoms with E-state index in [1.54, 1.807) is 19.2 Å². The summed E-state index contributed by atoms with van der Waals surface area (Å²) >= 11 is 0. The summed E-state index contributed by atoms with van der Waals surface area (Å²) in [5, 5.41) is 0. The molecule has 2 aromatic rings. The molecule has 0 radical (unpaired) electrons. The summed E-state index contributed by atoms with van der Waals surface area (Å²) in [6.45, 7) is 1.61. The van der Waals surface area contributed by atoms with Crippen LogP contribution in [0.4, 0.5) is 4.39 Å². The van der Waals surface area contributed by atoms with Gasteiger partial charge in [-0.15, -0.1) is 0 Å². The quantitative estimate of drug-likeness (QED) is 0.838. The summed E-state index contributed by atoms with van der Waals surface area (Å²) < 4.78 is 18.0. The van der Waals surface area contributed by atoms with Crippen LogP contribution in [0, 0.1) is 5.82 Å². The molecule has 1 fully saturated rings. The first-order valence-electron chi connectivity index (χ1n) is 8.62. The molecule has 1 atom stereocenters. The third-order valence-corrected chi connectivity index (χ3v) is 4.59. The minimum atomic E-state index is -0.228. The van der Waals surface area contributed by atoms with E-state index in [0.717, 1.165) is 36.3 Å². The fourth-order valence-corrected chi connectivity index (χ4v) is 3.30. The Hall–Kier alpha value is -2.27. The molecule has 0 saturated carbocycles. The number of aromatic nitrogens is 1. The summed E-state index contributed by atoms with van der Waals surface area (Å²) in [5.41, 5.74) is 3.02. The van der Waals surface area contributed by atoms with Crippen molar-refractivity contribution in [2.24, 2.45) is 0 Å². The molecule has 25 heavy (non-hydrogen) atoms. The maximum atomic E-state index is 13.0. The molecule has 1 aliphatic heterocycles. The Kier molecular flexibility index (Phi) is 5.76. The molecular weight excluding hydrogens is 319 g/mol. The predicted molar refractivity (Wildman–Crippen MR) is 93.9 cm³/mol. The second kappa shape index (κ2) is 8.21. The Morgan fingerprint density at radius 3 is 2.84 bits per heavy atom. The van der Waals surface area contributed by atoms with Gasteiger partial charge in [0.1, 0.15) is 12.4 Å². The van der Waals surface area contributed by atoms with E-state index in [2.05, 4.69) is 0 Å². The largest absolute Gasteiger partial charge is 0.375 e. The molecule has 5 heteroatoms. The topological polar surface area (TPSA) is 42.4 Å². The summed E-state index contributed by atoms with van der Waals surface area (Å²) in [6.07, 6.45) is 2.68. The molecular formula is C20H23FN2O2. The monoisotopic (exact) mass is 342 g/mol. The first-order chi connectivity index (χ1) is 12.2. The minimum Gasteiger partial charge on any atom is -0.375 e. The second-order valence-electron chi connectivity index (χ2n) is 6.47. The smallest absolute Gasteiger partial charge is 0.248 e. The van der Waals surface area contributed by atoms with E-state index in [-0.39, 0.29) is 24.2 Å². The van der Waals surface area contributed by atoms with Gasteiger partial charge in [-0.05, 0) is 42.7 Å². The highest BCUT2D eigenvalue weighted by molar-refractivity contribution is 5.77. The van der Waals surface area contributed by atoms with Crippen LogP contribution >= 0.6 is 0 Å². The number of ether oxygens (including phenoxy) is 1. The predicted octanol–water partition coefficient (Wildman–Crippen LogP) is 3.16. The maximum Gasteiger partial charge on any atom is 0.248 e. The lowest BCUT2D eigenvalue weighted by atomic mass is 9.94. The van der Waals surface area contributed by atoms with Crippen molar-refractivity contribution >= 4 is 5.91 Å². The Bertz CT molecular complexity index is 718. The number of hydrogen-bond acceptors (Lipinski definition) is 3. The van der Waals surface area contributed by atoms with Crippen LogP contribution in [0.2, 0.25) is 0 Å². The first-order valence-corrected chi connectivity index (χ1v) is 8.62. The van der Waals surface area contributed by atoms with Crippen LogP contribution in [0.3, 0.4) is 0 Å². The summed E-state index contributed by atoms with van der Waals surface area (Å²) in [6, 6.07) is 12.5. The third-order valence-electron chi connectivity index (χ3n) is 4.59. The van der Waals surface area contributed by atoms with Crippen molar-refractivity contribution in [1.29, 1.82) is 0 Å². The Morgan fingerprint density at radius 2 is 2.08 bits per heavy atom. The number of hydrogen-bond donors (Lipinski definition) is 0. The van der Waals surface area contributed by atoms with Crippen molar-refractivity contribution in [3.05, 3.63) is 65.2 Å². The van der Waals surface area contributed by atoms with Crippen LogP contribution in [0.25, 0.3) is 0 Å². The number of nitrogens with zero attached hydrogens (tertiary/aromatic N) is 2. The van der Waals surface area contributed by atoms with Gasteiger partial charge in [-0.1, -0.05) is 18.2 Å². The molecule has 0 unspecified atom stereocenters. The number of carbonyl (C=O) groups excluding carboxylic acids is 1. The number of rotatable bonds is 5. The van der Waals surface area contributed by atoms with Crippen molar-refractivity contribution in [2.45, 2.75) is 25.2 Å². The van der Waals surface area contributed by atoms with Gasteiger partial charge in [-0.2, -0.15) is 0 Å². The average molecular weight is 342 g/mol. The van der Waals surface area contributed by atoms with Crippen LogP contribution in [0.1, 0.15) is 35.7 Å². The third kappa shape index (κ3) is 4.63. The number of methoxy groups -OCH3 is 1. The molecule has 1 aliphatic rings. The number of pyridine rings is 1. The van der Waals surface area contributed by atoms with E-state index in [1.165, 1.54) is 12.1 Å². The van der Waals surface area contributed by atoms with E-state index in [0.29, 0.717) is 13.0 Å². The Labute approximate surface area is 147 Å². The molecule has 132 valence electrons. The first kappa shape index (κ1) is 17.5. The molecule has 1 saturated heterocycles. The van der Waals surface area contributed by atoms with Crippen molar-refractivity contribution in [3.8, 4) is 0 Å². The van der Waals surface area contributed by atoms with Gasteiger partial charge in [-0.25, -0.2) is 4.39 Å². The number of amides is 1. The molecule has 1 aromatic carbocycles.